The summed E-state index contributed by atoms with van der Waals surface area (Å²) in [5, 5.41) is 17.7. The molecule has 2 N–H and O–H groups in total. The summed E-state index contributed by atoms with van der Waals surface area (Å²) in [6.45, 7) is 3.15. The molecule has 0 unspecified atom stereocenters. The molecule has 13 heteroatoms. The lowest BCUT2D eigenvalue weighted by atomic mass is 10.2. The van der Waals surface area contributed by atoms with E-state index >= 15 is 0 Å². The zero-order valence-electron chi connectivity index (χ0n) is 19.8. The van der Waals surface area contributed by atoms with Gasteiger partial charge in [-0.05, 0) is 38.1 Å². The molecule has 0 saturated carbocycles. The highest BCUT2D eigenvalue weighted by Gasteiger charge is 2.33. The van der Waals surface area contributed by atoms with Crippen molar-refractivity contribution in [1.82, 2.24) is 24.3 Å². The van der Waals surface area contributed by atoms with E-state index < -0.39 is 21.4 Å². The molecule has 0 spiro atoms. The fraction of sp³-hybridized carbons (Fsp3) is 0.318. The molecule has 0 radical (unpaired) electrons. The van der Waals surface area contributed by atoms with Crippen molar-refractivity contribution in [2.45, 2.75) is 25.2 Å². The summed E-state index contributed by atoms with van der Waals surface area (Å²) in [5.41, 5.74) is 0.590. The standard InChI is InChI=1S/C22H26N6O6S/c1-13-9-10-18(34-13)21-24-25-22(28(21)19-16(32-4)7-6-8-17(19)33-5)26-35(30,31)14(2)20(29)15-11-27(3)12-23-15/h6-12,14,20,29H,1-5H3,(H,25,26)/t14-,20-/m1/s1. The van der Waals surface area contributed by atoms with Gasteiger partial charge < -0.3 is 23.6 Å². The number of anilines is 1. The molecule has 0 aliphatic carbocycles. The van der Waals surface area contributed by atoms with E-state index in [1.54, 1.807) is 55.1 Å². The first-order valence-corrected chi connectivity index (χ1v) is 12.1. The molecule has 0 aliphatic rings. The van der Waals surface area contributed by atoms with Crippen molar-refractivity contribution >= 4 is 16.0 Å². The summed E-state index contributed by atoms with van der Waals surface area (Å²) in [6, 6.07) is 8.57. The van der Waals surface area contributed by atoms with Crippen molar-refractivity contribution in [2.75, 3.05) is 18.9 Å². The Morgan fingerprint density at radius 1 is 1.11 bits per heavy atom. The van der Waals surface area contributed by atoms with Gasteiger partial charge in [-0.15, -0.1) is 10.2 Å². The minimum atomic E-state index is -4.17. The number of imidazole rings is 1. The molecule has 4 rings (SSSR count). The number of hydrogen-bond donors (Lipinski definition) is 2. The number of sulfonamides is 1. The maximum Gasteiger partial charge on any atom is 0.243 e. The fourth-order valence-corrected chi connectivity index (χ4v) is 4.60. The Morgan fingerprint density at radius 2 is 1.80 bits per heavy atom. The van der Waals surface area contributed by atoms with Gasteiger partial charge in [0.1, 0.15) is 34.3 Å². The molecule has 0 bridgehead atoms. The van der Waals surface area contributed by atoms with E-state index in [1.165, 1.54) is 32.0 Å². The maximum atomic E-state index is 13.3. The van der Waals surface area contributed by atoms with Gasteiger partial charge in [0.05, 0.1) is 26.2 Å². The van der Waals surface area contributed by atoms with Crippen LogP contribution in [0, 0.1) is 6.92 Å². The number of furan rings is 1. The quantitative estimate of drug-likeness (QED) is 0.352. The highest BCUT2D eigenvalue weighted by molar-refractivity contribution is 7.93. The first-order chi connectivity index (χ1) is 16.7. The highest BCUT2D eigenvalue weighted by Crippen LogP contribution is 2.38. The van der Waals surface area contributed by atoms with Crippen LogP contribution in [0.1, 0.15) is 24.5 Å². The minimum absolute atomic E-state index is 0.142. The summed E-state index contributed by atoms with van der Waals surface area (Å²) >= 11 is 0. The first kappa shape index (κ1) is 24.3. The van der Waals surface area contributed by atoms with Crippen LogP contribution in [-0.4, -0.2) is 57.3 Å². The second-order valence-corrected chi connectivity index (χ2v) is 9.90. The molecular weight excluding hydrogens is 476 g/mol. The number of aliphatic hydroxyl groups excluding tert-OH is 1. The molecule has 186 valence electrons. The molecule has 35 heavy (non-hydrogen) atoms. The van der Waals surface area contributed by atoms with E-state index in [-0.39, 0.29) is 17.5 Å². The van der Waals surface area contributed by atoms with Crippen molar-refractivity contribution in [3.63, 3.8) is 0 Å². The van der Waals surface area contributed by atoms with Gasteiger partial charge in [0.15, 0.2) is 5.76 Å². The number of nitrogens with zero attached hydrogens (tertiary/aromatic N) is 5. The topological polar surface area (TPSA) is 147 Å². The Hall–Kier alpha value is -3.84. The largest absolute Gasteiger partial charge is 0.494 e. The molecule has 0 aliphatic heterocycles. The summed E-state index contributed by atoms with van der Waals surface area (Å²) in [7, 11) is 0.516. The van der Waals surface area contributed by atoms with Gasteiger partial charge in [0.25, 0.3) is 0 Å². The lowest BCUT2D eigenvalue weighted by molar-refractivity contribution is 0.172. The van der Waals surface area contributed by atoms with Gasteiger partial charge in [-0.1, -0.05) is 6.07 Å². The highest BCUT2D eigenvalue weighted by atomic mass is 32.2. The van der Waals surface area contributed by atoms with Crippen LogP contribution in [0.4, 0.5) is 5.95 Å². The zero-order valence-corrected chi connectivity index (χ0v) is 20.6. The van der Waals surface area contributed by atoms with Crippen molar-refractivity contribution in [3.05, 3.63) is 54.3 Å². The molecule has 12 nitrogen and oxygen atoms in total. The van der Waals surface area contributed by atoms with Crippen LogP contribution in [0.25, 0.3) is 17.3 Å². The van der Waals surface area contributed by atoms with E-state index in [9.17, 15) is 13.5 Å². The number of aromatic nitrogens is 5. The van der Waals surface area contributed by atoms with Crippen LogP contribution in [-0.2, 0) is 17.1 Å². The van der Waals surface area contributed by atoms with Gasteiger partial charge in [-0.2, -0.15) is 0 Å². The van der Waals surface area contributed by atoms with Crippen LogP contribution in [0.15, 0.2) is 47.3 Å². The Morgan fingerprint density at radius 3 is 2.34 bits per heavy atom. The van der Waals surface area contributed by atoms with Crippen LogP contribution in [0.3, 0.4) is 0 Å². The van der Waals surface area contributed by atoms with Crippen molar-refractivity contribution < 1.29 is 27.4 Å². The van der Waals surface area contributed by atoms with Gasteiger partial charge in [-0.25, -0.2) is 13.4 Å². The molecular formula is C22H26N6O6S. The maximum absolute atomic E-state index is 13.3. The summed E-state index contributed by atoms with van der Waals surface area (Å²) in [5.74, 6) is 1.84. The third-order valence-electron chi connectivity index (χ3n) is 5.44. The average Bonchev–Trinajstić information content (AvgIpc) is 3.57. The molecule has 2 atom stereocenters. The molecule has 3 aromatic heterocycles. The number of rotatable bonds is 9. The van der Waals surface area contributed by atoms with Gasteiger partial charge in [0.2, 0.25) is 21.8 Å². The number of ether oxygens (including phenoxy) is 2. The van der Waals surface area contributed by atoms with Gasteiger partial charge in [0, 0.05) is 13.2 Å². The second-order valence-electron chi connectivity index (χ2n) is 7.87. The number of methoxy groups -OCH3 is 2. The second kappa shape index (κ2) is 9.43. The van der Waals surface area contributed by atoms with Gasteiger partial charge >= 0.3 is 0 Å². The lowest BCUT2D eigenvalue weighted by Gasteiger charge is -2.20. The van der Waals surface area contributed by atoms with E-state index in [0.717, 1.165) is 0 Å². The predicted molar refractivity (Wildman–Crippen MR) is 127 cm³/mol. The fourth-order valence-electron chi connectivity index (χ4n) is 3.54. The van der Waals surface area contributed by atoms with Crippen LogP contribution < -0.4 is 14.2 Å². The molecule has 0 amide bonds. The number of para-hydroxylation sites is 1. The molecule has 3 heterocycles. The number of benzene rings is 1. The zero-order chi connectivity index (χ0) is 25.3. The Bertz CT molecular complexity index is 1420. The van der Waals surface area contributed by atoms with Crippen molar-refractivity contribution in [2.24, 2.45) is 7.05 Å². The average molecular weight is 503 g/mol. The minimum Gasteiger partial charge on any atom is -0.494 e. The molecule has 1 aromatic carbocycles. The number of hydrogen-bond acceptors (Lipinski definition) is 9. The summed E-state index contributed by atoms with van der Waals surface area (Å²) in [6.07, 6.45) is 1.65. The third-order valence-corrected chi connectivity index (χ3v) is 7.15. The van der Waals surface area contributed by atoms with Crippen molar-refractivity contribution in [3.8, 4) is 28.8 Å². The number of aryl methyl sites for hydroxylation is 2. The monoisotopic (exact) mass is 502 g/mol. The Kier molecular flexibility index (Phi) is 6.54. The molecule has 4 aromatic rings. The van der Waals surface area contributed by atoms with Crippen molar-refractivity contribution in [1.29, 1.82) is 0 Å². The normalized spacial score (nSPS) is 13.4. The van der Waals surface area contributed by atoms with E-state index in [0.29, 0.717) is 28.7 Å². The molecule has 0 saturated heterocycles. The Labute approximate surface area is 202 Å². The third kappa shape index (κ3) is 4.59. The Balaban J connectivity index is 1.83. The SMILES string of the molecule is COc1cccc(OC)c1-n1c(NS(=O)(=O)[C@H](C)[C@@H](O)c2cn(C)cn2)nnc1-c1ccc(C)o1. The number of aliphatic hydroxyl groups is 1. The summed E-state index contributed by atoms with van der Waals surface area (Å²) in [4.78, 5) is 4.06. The predicted octanol–water partition coefficient (Wildman–Crippen LogP) is 2.45. The number of nitrogens with one attached hydrogen (secondary N) is 1. The van der Waals surface area contributed by atoms with Gasteiger partial charge in [-0.3, -0.25) is 9.29 Å². The smallest absolute Gasteiger partial charge is 0.243 e. The lowest BCUT2D eigenvalue weighted by Crippen LogP contribution is -2.32. The van der Waals surface area contributed by atoms with Crippen LogP contribution >= 0.6 is 0 Å². The van der Waals surface area contributed by atoms with E-state index in [1.807, 2.05) is 0 Å². The van der Waals surface area contributed by atoms with E-state index in [4.69, 9.17) is 13.9 Å². The van der Waals surface area contributed by atoms with Crippen LogP contribution in [0.2, 0.25) is 0 Å². The molecule has 0 fully saturated rings. The first-order valence-electron chi connectivity index (χ1n) is 10.6. The van der Waals surface area contributed by atoms with E-state index in [2.05, 4.69) is 19.9 Å². The summed E-state index contributed by atoms with van der Waals surface area (Å²) < 4.78 is 48.9. The van der Waals surface area contributed by atoms with Crippen LogP contribution in [0.5, 0.6) is 11.5 Å².